The summed E-state index contributed by atoms with van der Waals surface area (Å²) in [7, 11) is -3.65. The van der Waals surface area contributed by atoms with E-state index in [2.05, 4.69) is 40.6 Å². The molecule has 0 saturated heterocycles. The van der Waals surface area contributed by atoms with Gasteiger partial charge in [-0.05, 0) is 59.9 Å². The van der Waals surface area contributed by atoms with Crippen LogP contribution in [0.1, 0.15) is 35.7 Å². The van der Waals surface area contributed by atoms with E-state index in [1.165, 1.54) is 24.6 Å². The predicted octanol–water partition coefficient (Wildman–Crippen LogP) is 3.49. The van der Waals surface area contributed by atoms with Crippen molar-refractivity contribution in [2.75, 3.05) is 25.9 Å². The maximum atomic E-state index is 12.7. The number of aliphatic hydroxyl groups is 1. The Bertz CT molecular complexity index is 1410. The van der Waals surface area contributed by atoms with Crippen LogP contribution in [-0.4, -0.2) is 71.3 Å². The summed E-state index contributed by atoms with van der Waals surface area (Å²) in [5.74, 6) is -0.762. The van der Waals surface area contributed by atoms with Crippen molar-refractivity contribution in [2.45, 2.75) is 30.7 Å². The van der Waals surface area contributed by atoms with Gasteiger partial charge in [0, 0.05) is 44.7 Å². The first-order valence-electron chi connectivity index (χ1n) is 12.5. The van der Waals surface area contributed by atoms with Gasteiger partial charge in [-0.2, -0.15) is 0 Å². The summed E-state index contributed by atoms with van der Waals surface area (Å²) in [5.41, 5.74) is 4.56. The first-order chi connectivity index (χ1) is 18.1. The Morgan fingerprint density at radius 3 is 2.29 bits per heavy atom. The number of sulfone groups is 1. The number of phenolic OH excluding ortho intramolecular Hbond substituents is 1. The van der Waals surface area contributed by atoms with Crippen LogP contribution in [0.3, 0.4) is 0 Å². The molecule has 8 nitrogen and oxygen atoms in total. The van der Waals surface area contributed by atoms with Gasteiger partial charge in [0.25, 0.3) is 5.91 Å². The maximum Gasteiger partial charge on any atom is 0.255 e. The van der Waals surface area contributed by atoms with Crippen molar-refractivity contribution in [1.29, 1.82) is 0 Å². The van der Waals surface area contributed by atoms with Gasteiger partial charge in [-0.1, -0.05) is 42.5 Å². The Balaban J connectivity index is 1.39. The largest absolute Gasteiger partial charge is 0.507 e. The first kappa shape index (κ1) is 27.5. The van der Waals surface area contributed by atoms with Gasteiger partial charge in [0.15, 0.2) is 9.84 Å². The number of aromatic nitrogens is 1. The zero-order valence-electron chi connectivity index (χ0n) is 21.5. The van der Waals surface area contributed by atoms with Crippen molar-refractivity contribution in [3.63, 3.8) is 0 Å². The van der Waals surface area contributed by atoms with Gasteiger partial charge in [0.1, 0.15) is 12.0 Å². The molecule has 2 unspecified atom stereocenters. The molecule has 0 radical (unpaired) electrons. The lowest BCUT2D eigenvalue weighted by Crippen LogP contribution is -2.51. The SMILES string of the molecule is CC(CNC(=O)c1ccccc1O)(CC(O)N1CC=C(c2ccc(-c3ccncc3)cc2)CC1)S(C)(=O)=O. The van der Waals surface area contributed by atoms with Crippen LogP contribution in [0.4, 0.5) is 0 Å². The molecular weight excluding hydrogens is 502 g/mol. The van der Waals surface area contributed by atoms with Crippen molar-refractivity contribution in [2.24, 2.45) is 0 Å². The molecule has 0 bridgehead atoms. The third kappa shape index (κ3) is 6.30. The minimum Gasteiger partial charge on any atom is -0.507 e. The second-order valence-corrected chi connectivity index (χ2v) is 12.4. The fraction of sp³-hybridized carbons (Fsp3) is 0.310. The summed E-state index contributed by atoms with van der Waals surface area (Å²) < 4.78 is 24.0. The Labute approximate surface area is 223 Å². The zero-order valence-corrected chi connectivity index (χ0v) is 22.4. The van der Waals surface area contributed by atoms with Crippen LogP contribution in [0, 0.1) is 0 Å². The molecule has 1 aliphatic heterocycles. The summed E-state index contributed by atoms with van der Waals surface area (Å²) in [5, 5.41) is 23.5. The molecule has 1 aliphatic rings. The highest BCUT2D eigenvalue weighted by atomic mass is 32.2. The van der Waals surface area contributed by atoms with Gasteiger partial charge in [-0.15, -0.1) is 0 Å². The fourth-order valence-electron chi connectivity index (χ4n) is 4.54. The zero-order chi connectivity index (χ0) is 27.3. The van der Waals surface area contributed by atoms with Crippen molar-refractivity contribution in [3.05, 3.63) is 90.3 Å². The number of amides is 1. The minimum atomic E-state index is -3.65. The van der Waals surface area contributed by atoms with Crippen molar-refractivity contribution in [3.8, 4) is 16.9 Å². The van der Waals surface area contributed by atoms with Crippen LogP contribution in [0.25, 0.3) is 16.7 Å². The monoisotopic (exact) mass is 535 g/mol. The lowest BCUT2D eigenvalue weighted by atomic mass is 9.96. The lowest BCUT2D eigenvalue weighted by molar-refractivity contribution is -0.00246. The van der Waals surface area contributed by atoms with Crippen LogP contribution in [0.5, 0.6) is 5.75 Å². The Morgan fingerprint density at radius 2 is 1.68 bits per heavy atom. The summed E-state index contributed by atoms with van der Waals surface area (Å²) in [6.45, 7) is 2.37. The van der Waals surface area contributed by atoms with Gasteiger partial charge < -0.3 is 15.5 Å². The van der Waals surface area contributed by atoms with E-state index in [0.29, 0.717) is 19.5 Å². The van der Waals surface area contributed by atoms with Crippen LogP contribution in [0.15, 0.2) is 79.1 Å². The molecule has 3 N–H and O–H groups in total. The predicted molar refractivity (Wildman–Crippen MR) is 148 cm³/mol. The van der Waals surface area contributed by atoms with E-state index in [9.17, 15) is 23.4 Å². The molecular formula is C29H33N3O5S. The number of hydrogen-bond donors (Lipinski definition) is 3. The highest BCUT2D eigenvalue weighted by Crippen LogP contribution is 2.29. The number of carbonyl (C=O) groups is 1. The third-order valence-corrected chi connectivity index (χ3v) is 9.31. The van der Waals surface area contributed by atoms with Gasteiger partial charge in [0.2, 0.25) is 0 Å². The molecule has 2 heterocycles. The highest BCUT2D eigenvalue weighted by molar-refractivity contribution is 7.92. The molecule has 0 spiro atoms. The minimum absolute atomic E-state index is 0.0615. The second kappa shape index (κ2) is 11.5. The average molecular weight is 536 g/mol. The molecule has 3 aromatic rings. The van der Waals surface area contributed by atoms with Crippen molar-refractivity contribution in [1.82, 2.24) is 15.2 Å². The van der Waals surface area contributed by atoms with E-state index in [-0.39, 0.29) is 24.3 Å². The van der Waals surface area contributed by atoms with Gasteiger partial charge in [-0.3, -0.25) is 14.7 Å². The second-order valence-electron chi connectivity index (χ2n) is 9.89. The number of nitrogens with zero attached hydrogens (tertiary/aromatic N) is 2. The summed E-state index contributed by atoms with van der Waals surface area (Å²) in [4.78, 5) is 18.4. The number of pyridine rings is 1. The van der Waals surface area contributed by atoms with E-state index >= 15 is 0 Å². The number of para-hydroxylation sites is 1. The number of nitrogens with one attached hydrogen (secondary N) is 1. The molecule has 0 fully saturated rings. The van der Waals surface area contributed by atoms with Crippen LogP contribution < -0.4 is 5.32 Å². The Morgan fingerprint density at radius 1 is 1.05 bits per heavy atom. The van der Waals surface area contributed by atoms with E-state index in [4.69, 9.17) is 0 Å². The third-order valence-electron chi connectivity index (χ3n) is 7.21. The number of aliphatic hydroxyl groups excluding tert-OH is 1. The van der Waals surface area contributed by atoms with Gasteiger partial charge >= 0.3 is 0 Å². The van der Waals surface area contributed by atoms with Crippen LogP contribution in [-0.2, 0) is 9.84 Å². The number of rotatable bonds is 9. The van der Waals surface area contributed by atoms with Gasteiger partial charge in [-0.25, -0.2) is 8.42 Å². The lowest BCUT2D eigenvalue weighted by Gasteiger charge is -2.36. The Hall–Kier alpha value is -3.53. The summed E-state index contributed by atoms with van der Waals surface area (Å²) in [6.07, 6.45) is 6.33. The van der Waals surface area contributed by atoms with E-state index < -0.39 is 26.7 Å². The highest BCUT2D eigenvalue weighted by Gasteiger charge is 2.40. The average Bonchev–Trinajstić information content (AvgIpc) is 2.92. The molecule has 2 atom stereocenters. The quantitative estimate of drug-likeness (QED) is 0.384. The van der Waals surface area contributed by atoms with Crippen molar-refractivity contribution >= 4 is 21.3 Å². The molecule has 200 valence electrons. The molecule has 0 aliphatic carbocycles. The van der Waals surface area contributed by atoms with Crippen LogP contribution in [0.2, 0.25) is 0 Å². The van der Waals surface area contributed by atoms with E-state index in [1.54, 1.807) is 24.5 Å². The van der Waals surface area contributed by atoms with E-state index in [0.717, 1.165) is 22.9 Å². The molecule has 0 saturated carbocycles. The number of benzene rings is 2. The maximum absolute atomic E-state index is 12.7. The number of phenols is 1. The number of aromatic hydroxyl groups is 1. The molecule has 1 aromatic heterocycles. The standard InChI is InChI=1S/C29H33N3O5S/c1-29(38(2,36)37,20-31-28(35)25-5-3-4-6-26(25)33)19-27(34)32-17-13-24(14-18-32)22-9-7-21(8-10-22)23-11-15-30-16-12-23/h3-13,15-16,27,33-34H,14,17-20H2,1-2H3,(H,31,35). The number of hydrogen-bond acceptors (Lipinski definition) is 7. The first-order valence-corrected chi connectivity index (χ1v) is 14.3. The Kier molecular flexibility index (Phi) is 8.30. The van der Waals surface area contributed by atoms with Gasteiger partial charge in [0.05, 0.1) is 10.3 Å². The molecule has 38 heavy (non-hydrogen) atoms. The summed E-state index contributed by atoms with van der Waals surface area (Å²) in [6, 6.07) is 18.3. The molecule has 1 amide bonds. The number of carbonyl (C=O) groups excluding carboxylic acids is 1. The fourth-order valence-corrected chi connectivity index (χ4v) is 5.32. The molecule has 9 heteroatoms. The summed E-state index contributed by atoms with van der Waals surface area (Å²) >= 11 is 0. The topological polar surface area (TPSA) is 120 Å². The van der Waals surface area contributed by atoms with Crippen molar-refractivity contribution < 1.29 is 23.4 Å². The molecule has 4 rings (SSSR count). The van der Waals surface area contributed by atoms with E-state index in [1.807, 2.05) is 17.0 Å². The molecule has 2 aromatic carbocycles. The van der Waals surface area contributed by atoms with Crippen LogP contribution >= 0.6 is 0 Å². The normalized spacial score (nSPS) is 16.8. The smallest absolute Gasteiger partial charge is 0.255 e.